The third-order valence-corrected chi connectivity index (χ3v) is 3.19. The van der Waals surface area contributed by atoms with Crippen LogP contribution in [0.15, 0.2) is 20.1 Å². The molecule has 6 heteroatoms. The molecule has 0 atom stereocenters. The zero-order chi connectivity index (χ0) is 12.1. The molecule has 1 aromatic rings. The van der Waals surface area contributed by atoms with Crippen molar-refractivity contribution in [2.45, 2.75) is 6.92 Å². The molecule has 0 aliphatic carbocycles. The van der Waals surface area contributed by atoms with E-state index in [1.54, 1.807) is 0 Å². The van der Waals surface area contributed by atoms with Crippen LogP contribution in [0.1, 0.15) is 12.5 Å². The predicted octanol–water partition coefficient (Wildman–Crippen LogP) is 3.30. The van der Waals surface area contributed by atoms with Crippen molar-refractivity contribution in [2.24, 2.45) is 5.10 Å². The average molecular weight is 354 g/mol. The first kappa shape index (κ1) is 13.4. The highest BCUT2D eigenvalue weighted by Crippen LogP contribution is 2.36. The van der Waals surface area contributed by atoms with Crippen LogP contribution in [0.5, 0.6) is 5.75 Å². The van der Waals surface area contributed by atoms with Gasteiger partial charge in [-0.3, -0.25) is 0 Å². The molecule has 0 spiro atoms. The fraction of sp³-hybridized carbons (Fsp3) is 0.300. The Kier molecular flexibility index (Phi) is 5.21. The van der Waals surface area contributed by atoms with Gasteiger partial charge in [-0.1, -0.05) is 0 Å². The third kappa shape index (κ3) is 2.95. The van der Waals surface area contributed by atoms with E-state index in [-0.39, 0.29) is 5.82 Å². The number of rotatable bonds is 4. The Morgan fingerprint density at radius 2 is 2.25 bits per heavy atom. The van der Waals surface area contributed by atoms with Crippen LogP contribution in [0, 0.1) is 5.82 Å². The Morgan fingerprint density at radius 3 is 2.81 bits per heavy atom. The van der Waals surface area contributed by atoms with E-state index in [1.807, 2.05) is 6.92 Å². The Balaban J connectivity index is 3.17. The molecule has 0 saturated heterocycles. The second-order valence-electron chi connectivity index (χ2n) is 2.87. The summed E-state index contributed by atoms with van der Waals surface area (Å²) in [6, 6.07) is 1.34. The van der Waals surface area contributed by atoms with Crippen LogP contribution < -0.4 is 10.2 Å². The summed E-state index contributed by atoms with van der Waals surface area (Å²) in [5.74, 6) is 0.167. The fourth-order valence-electron chi connectivity index (χ4n) is 1.09. The highest BCUT2D eigenvalue weighted by molar-refractivity contribution is 9.11. The SMILES string of the molecule is CCN/N=C/c1c(F)cc(Br)c(OC)c1Br. The normalized spacial score (nSPS) is 10.8. The first-order valence-electron chi connectivity index (χ1n) is 4.59. The molecule has 16 heavy (non-hydrogen) atoms. The molecule has 0 aromatic heterocycles. The van der Waals surface area contributed by atoms with Gasteiger partial charge in [-0.05, 0) is 44.8 Å². The maximum absolute atomic E-state index is 13.6. The van der Waals surface area contributed by atoms with E-state index < -0.39 is 0 Å². The van der Waals surface area contributed by atoms with Crippen LogP contribution in [0.4, 0.5) is 4.39 Å². The predicted molar refractivity (Wildman–Crippen MR) is 69.6 cm³/mol. The lowest BCUT2D eigenvalue weighted by atomic mass is 10.2. The standard InChI is InChI=1S/C10H11Br2FN2O/c1-3-14-15-5-6-8(13)4-7(11)10(16-2)9(6)12/h4-5,14H,3H2,1-2H3/b15-5+. The quantitative estimate of drug-likeness (QED) is 0.665. The van der Waals surface area contributed by atoms with Gasteiger partial charge in [-0.2, -0.15) is 5.10 Å². The van der Waals surface area contributed by atoms with E-state index in [2.05, 4.69) is 42.4 Å². The van der Waals surface area contributed by atoms with Gasteiger partial charge in [0.1, 0.15) is 11.6 Å². The molecule has 88 valence electrons. The lowest BCUT2D eigenvalue weighted by molar-refractivity contribution is 0.408. The molecule has 1 rings (SSSR count). The maximum Gasteiger partial charge on any atom is 0.148 e. The molecule has 0 unspecified atom stereocenters. The molecule has 0 saturated carbocycles. The Morgan fingerprint density at radius 1 is 1.56 bits per heavy atom. The van der Waals surface area contributed by atoms with Gasteiger partial charge in [0.05, 0.1) is 22.3 Å². The summed E-state index contributed by atoms with van der Waals surface area (Å²) in [6.45, 7) is 2.59. The van der Waals surface area contributed by atoms with Gasteiger partial charge in [0.15, 0.2) is 0 Å². The highest BCUT2D eigenvalue weighted by Gasteiger charge is 2.14. The monoisotopic (exact) mass is 352 g/mol. The van der Waals surface area contributed by atoms with Gasteiger partial charge < -0.3 is 10.2 Å². The molecule has 0 bridgehead atoms. The van der Waals surface area contributed by atoms with Crippen LogP contribution in [0.25, 0.3) is 0 Å². The van der Waals surface area contributed by atoms with Gasteiger partial charge in [0, 0.05) is 12.1 Å². The number of ether oxygens (including phenoxy) is 1. The first-order valence-corrected chi connectivity index (χ1v) is 6.17. The van der Waals surface area contributed by atoms with E-state index >= 15 is 0 Å². The van der Waals surface area contributed by atoms with Gasteiger partial charge in [-0.25, -0.2) is 4.39 Å². The number of hydrogen-bond donors (Lipinski definition) is 1. The summed E-state index contributed by atoms with van der Waals surface area (Å²) in [6.07, 6.45) is 1.41. The van der Waals surface area contributed by atoms with E-state index in [9.17, 15) is 4.39 Å². The Hall–Kier alpha value is -0.620. The molecule has 1 N–H and O–H groups in total. The number of benzene rings is 1. The molecule has 3 nitrogen and oxygen atoms in total. The summed E-state index contributed by atoms with van der Waals surface area (Å²) < 4.78 is 19.8. The Labute approximate surface area is 110 Å². The molecular weight excluding hydrogens is 343 g/mol. The number of hydrogen-bond acceptors (Lipinski definition) is 3. The topological polar surface area (TPSA) is 33.6 Å². The van der Waals surface area contributed by atoms with E-state index in [1.165, 1.54) is 19.4 Å². The van der Waals surface area contributed by atoms with Crippen LogP contribution in [-0.4, -0.2) is 19.9 Å². The molecule has 0 aliphatic heterocycles. The number of methoxy groups -OCH3 is 1. The van der Waals surface area contributed by atoms with E-state index in [0.717, 1.165) is 0 Å². The largest absolute Gasteiger partial charge is 0.494 e. The Bertz CT molecular complexity index is 410. The minimum atomic E-state index is -0.374. The lowest BCUT2D eigenvalue weighted by Gasteiger charge is -2.09. The molecule has 0 aliphatic rings. The van der Waals surface area contributed by atoms with Crippen molar-refractivity contribution in [3.8, 4) is 5.75 Å². The van der Waals surface area contributed by atoms with Crippen LogP contribution in [-0.2, 0) is 0 Å². The van der Waals surface area contributed by atoms with Crippen molar-refractivity contribution in [2.75, 3.05) is 13.7 Å². The molecule has 1 aromatic carbocycles. The smallest absolute Gasteiger partial charge is 0.148 e. The van der Waals surface area contributed by atoms with Crippen molar-refractivity contribution < 1.29 is 9.13 Å². The second-order valence-corrected chi connectivity index (χ2v) is 4.52. The van der Waals surface area contributed by atoms with Crippen molar-refractivity contribution in [1.82, 2.24) is 5.43 Å². The van der Waals surface area contributed by atoms with Crippen LogP contribution >= 0.6 is 31.9 Å². The molecular formula is C10H11Br2FN2O. The van der Waals surface area contributed by atoms with E-state index in [0.29, 0.717) is 26.8 Å². The number of nitrogens with one attached hydrogen (secondary N) is 1. The fourth-order valence-corrected chi connectivity index (χ4v) is 2.59. The molecule has 0 fully saturated rings. The van der Waals surface area contributed by atoms with Crippen molar-refractivity contribution in [1.29, 1.82) is 0 Å². The van der Waals surface area contributed by atoms with Gasteiger partial charge in [-0.15, -0.1) is 0 Å². The second kappa shape index (κ2) is 6.20. The summed E-state index contributed by atoms with van der Waals surface area (Å²) >= 11 is 6.50. The van der Waals surface area contributed by atoms with Crippen molar-refractivity contribution >= 4 is 38.1 Å². The van der Waals surface area contributed by atoms with Gasteiger partial charge in [0.2, 0.25) is 0 Å². The zero-order valence-corrected chi connectivity index (χ0v) is 12.0. The van der Waals surface area contributed by atoms with Crippen LogP contribution in [0.2, 0.25) is 0 Å². The van der Waals surface area contributed by atoms with Crippen molar-refractivity contribution in [3.63, 3.8) is 0 Å². The van der Waals surface area contributed by atoms with Gasteiger partial charge in [0.25, 0.3) is 0 Å². The molecule has 0 heterocycles. The summed E-state index contributed by atoms with van der Waals surface area (Å²) in [7, 11) is 1.52. The molecule has 0 radical (unpaired) electrons. The number of hydrazone groups is 1. The van der Waals surface area contributed by atoms with Gasteiger partial charge >= 0.3 is 0 Å². The number of halogens is 3. The first-order chi connectivity index (χ1) is 7.61. The van der Waals surface area contributed by atoms with Crippen molar-refractivity contribution in [3.05, 3.63) is 26.4 Å². The van der Waals surface area contributed by atoms with Crippen LogP contribution in [0.3, 0.4) is 0 Å². The number of nitrogens with zero attached hydrogens (tertiary/aromatic N) is 1. The minimum absolute atomic E-state index is 0.348. The van der Waals surface area contributed by atoms with E-state index in [4.69, 9.17) is 4.74 Å². The molecule has 0 amide bonds. The zero-order valence-electron chi connectivity index (χ0n) is 8.85. The summed E-state index contributed by atoms with van der Waals surface area (Å²) in [4.78, 5) is 0. The summed E-state index contributed by atoms with van der Waals surface area (Å²) in [5.41, 5.74) is 3.08. The summed E-state index contributed by atoms with van der Waals surface area (Å²) in [5, 5.41) is 3.87. The third-order valence-electron chi connectivity index (χ3n) is 1.81. The highest BCUT2D eigenvalue weighted by atomic mass is 79.9. The minimum Gasteiger partial charge on any atom is -0.494 e. The average Bonchev–Trinajstić information content (AvgIpc) is 2.23. The maximum atomic E-state index is 13.6. The lowest BCUT2D eigenvalue weighted by Crippen LogP contribution is -2.04.